The molecule has 0 aliphatic carbocycles. The molecule has 0 unspecified atom stereocenters. The molecule has 3 aromatic carbocycles. The zero-order valence-electron chi connectivity index (χ0n) is 16.9. The van der Waals surface area contributed by atoms with Crippen molar-refractivity contribution >= 4 is 55.6 Å². The summed E-state index contributed by atoms with van der Waals surface area (Å²) in [6.45, 7) is -0.512. The average molecular weight is 551 g/mol. The van der Waals surface area contributed by atoms with E-state index in [4.69, 9.17) is 16.3 Å². The first-order chi connectivity index (χ1) is 15.8. The van der Waals surface area contributed by atoms with Crippen LogP contribution in [0.3, 0.4) is 0 Å². The van der Waals surface area contributed by atoms with Gasteiger partial charge in [0.2, 0.25) is 10.0 Å². The first-order valence-corrected chi connectivity index (χ1v) is 12.0. The Bertz CT molecular complexity index is 1300. The topological polar surface area (TPSA) is 114 Å². The highest BCUT2D eigenvalue weighted by atomic mass is 79.9. The Morgan fingerprint density at radius 3 is 2.45 bits per heavy atom. The van der Waals surface area contributed by atoms with Gasteiger partial charge in [-0.05, 0) is 42.5 Å². The van der Waals surface area contributed by atoms with Crippen molar-refractivity contribution in [2.45, 2.75) is 4.90 Å². The lowest BCUT2D eigenvalue weighted by Gasteiger charge is -2.09. The summed E-state index contributed by atoms with van der Waals surface area (Å²) in [5.74, 6) is -1.15. The van der Waals surface area contributed by atoms with E-state index in [1.165, 1.54) is 24.4 Å². The van der Waals surface area contributed by atoms with Crippen LogP contribution in [0.2, 0.25) is 5.02 Å². The van der Waals surface area contributed by atoms with Gasteiger partial charge in [0.25, 0.3) is 5.91 Å². The molecule has 0 aromatic heterocycles. The molecule has 0 atom stereocenters. The normalized spacial score (nSPS) is 11.3. The second-order valence-electron chi connectivity index (χ2n) is 6.48. The van der Waals surface area contributed by atoms with Crippen LogP contribution in [-0.4, -0.2) is 33.1 Å². The predicted octanol–water partition coefficient (Wildman–Crippen LogP) is 3.75. The fourth-order valence-electron chi connectivity index (χ4n) is 2.55. The molecular formula is C22H17BrClN3O5S. The fourth-order valence-corrected chi connectivity index (χ4v) is 4.15. The van der Waals surface area contributed by atoms with Crippen LogP contribution in [0.4, 0.5) is 0 Å². The maximum absolute atomic E-state index is 12.5. The summed E-state index contributed by atoms with van der Waals surface area (Å²) >= 11 is 9.36. The van der Waals surface area contributed by atoms with E-state index in [-0.39, 0.29) is 21.2 Å². The van der Waals surface area contributed by atoms with E-state index in [2.05, 4.69) is 31.2 Å². The lowest BCUT2D eigenvalue weighted by atomic mass is 10.2. The van der Waals surface area contributed by atoms with E-state index in [1.807, 2.05) is 0 Å². The predicted molar refractivity (Wildman–Crippen MR) is 128 cm³/mol. The van der Waals surface area contributed by atoms with E-state index in [0.717, 1.165) is 0 Å². The zero-order valence-corrected chi connectivity index (χ0v) is 20.0. The van der Waals surface area contributed by atoms with Crippen molar-refractivity contribution in [3.63, 3.8) is 0 Å². The molecule has 8 nitrogen and oxygen atoms in total. The Balaban J connectivity index is 1.64. The number of hydrogen-bond acceptors (Lipinski definition) is 6. The van der Waals surface area contributed by atoms with Crippen LogP contribution in [0.1, 0.15) is 15.9 Å². The van der Waals surface area contributed by atoms with Gasteiger partial charge in [-0.3, -0.25) is 4.79 Å². The van der Waals surface area contributed by atoms with E-state index in [9.17, 15) is 18.0 Å². The second kappa shape index (κ2) is 11.2. The molecule has 170 valence electrons. The summed E-state index contributed by atoms with van der Waals surface area (Å²) in [5.41, 5.74) is 2.80. The summed E-state index contributed by atoms with van der Waals surface area (Å²) in [7, 11) is -3.83. The van der Waals surface area contributed by atoms with Crippen molar-refractivity contribution in [1.29, 1.82) is 0 Å². The summed E-state index contributed by atoms with van der Waals surface area (Å²) in [5, 5.41) is 4.07. The number of sulfonamides is 1. The highest BCUT2D eigenvalue weighted by Gasteiger charge is 2.16. The van der Waals surface area contributed by atoms with Crippen molar-refractivity contribution in [3.8, 4) is 5.75 Å². The molecule has 0 spiro atoms. The standard InChI is InChI=1S/C22H17BrClN3O5S/c23-16-10-11-20(32-22(29)18-8-4-5-9-19(18)24)15(12-16)13-25-27-21(28)14-26-33(30,31)17-6-2-1-3-7-17/h1-13,26H,14H2,(H,27,28)/b25-13+. The minimum atomic E-state index is -3.83. The van der Waals surface area contributed by atoms with Gasteiger partial charge in [0.15, 0.2) is 0 Å². The molecule has 1 amide bonds. The number of nitrogens with zero attached hydrogens (tertiary/aromatic N) is 1. The van der Waals surface area contributed by atoms with Crippen molar-refractivity contribution in [2.24, 2.45) is 5.10 Å². The number of ether oxygens (including phenoxy) is 1. The van der Waals surface area contributed by atoms with Gasteiger partial charge in [-0.25, -0.2) is 23.4 Å². The molecule has 11 heteroatoms. The minimum absolute atomic E-state index is 0.0421. The molecule has 0 aliphatic rings. The first kappa shape index (κ1) is 24.6. The minimum Gasteiger partial charge on any atom is -0.422 e. The molecule has 0 radical (unpaired) electrons. The molecule has 0 bridgehead atoms. The number of halogens is 2. The Labute approximate surface area is 203 Å². The Morgan fingerprint density at radius 1 is 1.03 bits per heavy atom. The number of hydrogen-bond donors (Lipinski definition) is 2. The fraction of sp³-hybridized carbons (Fsp3) is 0.0455. The van der Waals surface area contributed by atoms with Gasteiger partial charge in [-0.2, -0.15) is 5.10 Å². The van der Waals surface area contributed by atoms with Gasteiger partial charge in [0.1, 0.15) is 5.75 Å². The number of nitrogens with one attached hydrogen (secondary N) is 2. The number of amides is 1. The van der Waals surface area contributed by atoms with Gasteiger partial charge in [0, 0.05) is 10.0 Å². The van der Waals surface area contributed by atoms with Crippen LogP contribution in [0.25, 0.3) is 0 Å². The van der Waals surface area contributed by atoms with Crippen LogP contribution < -0.4 is 14.9 Å². The lowest BCUT2D eigenvalue weighted by molar-refractivity contribution is -0.119. The molecule has 0 heterocycles. The van der Waals surface area contributed by atoms with Crippen molar-refractivity contribution in [3.05, 3.63) is 93.4 Å². The summed E-state index contributed by atoms with van der Waals surface area (Å²) in [6, 6.07) is 19.0. The van der Waals surface area contributed by atoms with Crippen LogP contribution in [0, 0.1) is 0 Å². The van der Waals surface area contributed by atoms with Gasteiger partial charge >= 0.3 is 5.97 Å². The Morgan fingerprint density at radius 2 is 1.73 bits per heavy atom. The average Bonchev–Trinajstić information content (AvgIpc) is 2.80. The molecule has 2 N–H and O–H groups in total. The molecule has 0 fully saturated rings. The van der Waals surface area contributed by atoms with Crippen LogP contribution in [0.5, 0.6) is 5.75 Å². The maximum Gasteiger partial charge on any atom is 0.345 e. The lowest BCUT2D eigenvalue weighted by Crippen LogP contribution is -2.34. The third kappa shape index (κ3) is 6.96. The van der Waals surface area contributed by atoms with Crippen molar-refractivity contribution in [2.75, 3.05) is 6.54 Å². The SMILES string of the molecule is O=C(CNS(=O)(=O)c1ccccc1)N/N=C/c1cc(Br)ccc1OC(=O)c1ccccc1Cl. The largest absolute Gasteiger partial charge is 0.422 e. The molecule has 0 saturated carbocycles. The van der Waals surface area contributed by atoms with Crippen LogP contribution >= 0.6 is 27.5 Å². The van der Waals surface area contributed by atoms with Crippen molar-refractivity contribution < 1.29 is 22.7 Å². The molecule has 3 rings (SSSR count). The highest BCUT2D eigenvalue weighted by Crippen LogP contribution is 2.24. The number of carbonyl (C=O) groups excluding carboxylic acids is 2. The number of esters is 1. The first-order valence-electron chi connectivity index (χ1n) is 9.39. The smallest absolute Gasteiger partial charge is 0.345 e. The van der Waals surface area contributed by atoms with Crippen LogP contribution in [0.15, 0.2) is 87.3 Å². The molecule has 33 heavy (non-hydrogen) atoms. The Hall–Kier alpha value is -3.05. The van der Waals surface area contributed by atoms with Gasteiger partial charge in [0.05, 0.1) is 28.2 Å². The van der Waals surface area contributed by atoms with Gasteiger partial charge in [-0.15, -0.1) is 0 Å². The van der Waals surface area contributed by atoms with Crippen LogP contribution in [-0.2, 0) is 14.8 Å². The molecule has 3 aromatic rings. The number of rotatable bonds is 8. The van der Waals surface area contributed by atoms with Crippen molar-refractivity contribution in [1.82, 2.24) is 10.1 Å². The summed E-state index contributed by atoms with van der Waals surface area (Å²) in [6.07, 6.45) is 1.27. The molecular weight excluding hydrogens is 534 g/mol. The second-order valence-corrected chi connectivity index (χ2v) is 9.57. The maximum atomic E-state index is 12.5. The number of carbonyl (C=O) groups is 2. The quantitative estimate of drug-likeness (QED) is 0.192. The summed E-state index contributed by atoms with van der Waals surface area (Å²) < 4.78 is 32.6. The van der Waals surface area contributed by atoms with E-state index in [1.54, 1.807) is 54.6 Å². The number of hydrazone groups is 1. The summed E-state index contributed by atoms with van der Waals surface area (Å²) in [4.78, 5) is 24.5. The third-order valence-corrected chi connectivity index (χ3v) is 6.38. The molecule has 0 saturated heterocycles. The van der Waals surface area contributed by atoms with Gasteiger partial charge < -0.3 is 4.74 Å². The molecule has 0 aliphatic heterocycles. The Kier molecular flexibility index (Phi) is 8.34. The van der Waals surface area contributed by atoms with E-state index in [0.29, 0.717) is 10.0 Å². The van der Waals surface area contributed by atoms with E-state index < -0.39 is 28.4 Å². The third-order valence-electron chi connectivity index (χ3n) is 4.14. The monoisotopic (exact) mass is 549 g/mol. The zero-order chi connectivity index (χ0) is 23.8. The highest BCUT2D eigenvalue weighted by molar-refractivity contribution is 9.10. The number of benzene rings is 3. The van der Waals surface area contributed by atoms with E-state index >= 15 is 0 Å². The van der Waals surface area contributed by atoms with Gasteiger partial charge in [-0.1, -0.05) is 57.9 Å².